The van der Waals surface area contributed by atoms with Crippen molar-refractivity contribution in [2.75, 3.05) is 24.2 Å². The van der Waals surface area contributed by atoms with Crippen LogP contribution in [0.15, 0.2) is 30.0 Å². The Balaban J connectivity index is 2.68. The van der Waals surface area contributed by atoms with Gasteiger partial charge in [0.15, 0.2) is 0 Å². The fourth-order valence-corrected chi connectivity index (χ4v) is 1.66. The number of amides is 1. The van der Waals surface area contributed by atoms with Crippen molar-refractivity contribution in [3.05, 3.63) is 35.0 Å². The van der Waals surface area contributed by atoms with Gasteiger partial charge in [-0.05, 0) is 25.1 Å². The van der Waals surface area contributed by atoms with Crippen LogP contribution >= 0.6 is 11.6 Å². The zero-order valence-corrected chi connectivity index (χ0v) is 12.6. The monoisotopic (exact) mass is 322 g/mol. The molecule has 0 radical (unpaired) electrons. The molecule has 0 bridgehead atoms. The van der Waals surface area contributed by atoms with Gasteiger partial charge < -0.3 is 21.1 Å². The summed E-state index contributed by atoms with van der Waals surface area (Å²) in [4.78, 5) is 23.1. The van der Waals surface area contributed by atoms with E-state index >= 15 is 0 Å². The molecule has 0 unspecified atom stereocenters. The molecular weight excluding hydrogens is 308 g/mol. The van der Waals surface area contributed by atoms with Gasteiger partial charge in [-0.25, -0.2) is 0 Å². The number of benzene rings is 1. The molecule has 0 spiro atoms. The second-order valence-electron chi connectivity index (χ2n) is 4.05. The Morgan fingerprint density at radius 3 is 2.82 bits per heavy atom. The summed E-state index contributed by atoms with van der Waals surface area (Å²) >= 11 is 5.93. The SMILES string of the molecule is CCOC(=O)CN/C=C(/C#N)C(=O)Nc1ccc(N)cc1Cl. The molecule has 1 rings (SSSR count). The van der Waals surface area contributed by atoms with Gasteiger partial charge in [0.2, 0.25) is 0 Å². The molecule has 0 atom stereocenters. The smallest absolute Gasteiger partial charge is 0.325 e. The lowest BCUT2D eigenvalue weighted by Gasteiger charge is -2.07. The maximum Gasteiger partial charge on any atom is 0.325 e. The summed E-state index contributed by atoms with van der Waals surface area (Å²) in [5, 5.41) is 14.2. The van der Waals surface area contributed by atoms with Gasteiger partial charge in [-0.1, -0.05) is 11.6 Å². The van der Waals surface area contributed by atoms with Crippen LogP contribution in [0.1, 0.15) is 6.92 Å². The third-order valence-corrected chi connectivity index (χ3v) is 2.72. The first-order valence-electron chi connectivity index (χ1n) is 6.33. The van der Waals surface area contributed by atoms with Gasteiger partial charge in [-0.3, -0.25) is 9.59 Å². The van der Waals surface area contributed by atoms with Crippen LogP contribution in [-0.4, -0.2) is 25.0 Å². The first-order valence-corrected chi connectivity index (χ1v) is 6.71. The van der Waals surface area contributed by atoms with Crippen molar-refractivity contribution < 1.29 is 14.3 Å². The van der Waals surface area contributed by atoms with Crippen molar-refractivity contribution in [2.45, 2.75) is 6.92 Å². The molecule has 22 heavy (non-hydrogen) atoms. The lowest BCUT2D eigenvalue weighted by molar-refractivity contribution is -0.141. The molecule has 0 heterocycles. The molecular formula is C14H15ClN4O3. The number of nitrogens with one attached hydrogen (secondary N) is 2. The lowest BCUT2D eigenvalue weighted by atomic mass is 10.2. The molecule has 116 valence electrons. The zero-order chi connectivity index (χ0) is 16.5. The third kappa shape index (κ3) is 5.34. The van der Waals surface area contributed by atoms with Crippen molar-refractivity contribution in [3.8, 4) is 6.07 Å². The second-order valence-corrected chi connectivity index (χ2v) is 4.46. The van der Waals surface area contributed by atoms with E-state index in [1.807, 2.05) is 0 Å². The quantitative estimate of drug-likeness (QED) is 0.315. The number of nitrogen functional groups attached to an aromatic ring is 1. The maximum atomic E-state index is 11.9. The van der Waals surface area contributed by atoms with E-state index in [-0.39, 0.29) is 23.7 Å². The molecule has 1 aromatic rings. The van der Waals surface area contributed by atoms with Gasteiger partial charge in [0.1, 0.15) is 18.2 Å². The van der Waals surface area contributed by atoms with Crippen molar-refractivity contribution in [2.24, 2.45) is 0 Å². The second kappa shape index (κ2) is 8.54. The summed E-state index contributed by atoms with van der Waals surface area (Å²) in [7, 11) is 0. The summed E-state index contributed by atoms with van der Waals surface area (Å²) in [6.45, 7) is 1.79. The van der Waals surface area contributed by atoms with E-state index < -0.39 is 11.9 Å². The molecule has 0 aromatic heterocycles. The fraction of sp³-hybridized carbons (Fsp3) is 0.214. The number of nitriles is 1. The van der Waals surface area contributed by atoms with E-state index in [1.165, 1.54) is 12.1 Å². The van der Waals surface area contributed by atoms with Gasteiger partial charge in [0, 0.05) is 11.9 Å². The number of hydrogen-bond donors (Lipinski definition) is 3. The van der Waals surface area contributed by atoms with Crippen LogP contribution < -0.4 is 16.4 Å². The highest BCUT2D eigenvalue weighted by molar-refractivity contribution is 6.34. The van der Waals surface area contributed by atoms with Gasteiger partial charge in [0.05, 0.1) is 17.3 Å². The van der Waals surface area contributed by atoms with Crippen molar-refractivity contribution in [1.82, 2.24) is 5.32 Å². The number of halogens is 1. The molecule has 0 aliphatic heterocycles. The average molecular weight is 323 g/mol. The van der Waals surface area contributed by atoms with E-state index in [1.54, 1.807) is 19.1 Å². The van der Waals surface area contributed by atoms with Crippen molar-refractivity contribution in [3.63, 3.8) is 0 Å². The topological polar surface area (TPSA) is 117 Å². The highest BCUT2D eigenvalue weighted by Gasteiger charge is 2.11. The minimum absolute atomic E-state index is 0.144. The molecule has 4 N–H and O–H groups in total. The predicted molar refractivity (Wildman–Crippen MR) is 82.8 cm³/mol. The van der Waals surface area contributed by atoms with Crippen LogP contribution in [0.3, 0.4) is 0 Å². The highest BCUT2D eigenvalue weighted by atomic mass is 35.5. The number of nitrogens with two attached hydrogens (primary N) is 1. The number of nitrogens with zero attached hydrogens (tertiary/aromatic N) is 1. The summed E-state index contributed by atoms with van der Waals surface area (Å²) in [6.07, 6.45) is 1.14. The predicted octanol–water partition coefficient (Wildman–Crippen LogP) is 1.42. The number of esters is 1. The van der Waals surface area contributed by atoms with Gasteiger partial charge in [-0.15, -0.1) is 0 Å². The molecule has 0 saturated heterocycles. The Morgan fingerprint density at radius 1 is 1.50 bits per heavy atom. The van der Waals surface area contributed by atoms with Crippen molar-refractivity contribution in [1.29, 1.82) is 5.26 Å². The van der Waals surface area contributed by atoms with Gasteiger partial charge in [-0.2, -0.15) is 5.26 Å². The van der Waals surface area contributed by atoms with Gasteiger partial charge >= 0.3 is 5.97 Å². The first kappa shape index (κ1) is 17.3. The molecule has 1 aromatic carbocycles. The number of anilines is 2. The third-order valence-electron chi connectivity index (χ3n) is 2.40. The Hall–Kier alpha value is -2.72. The normalized spacial score (nSPS) is 10.5. The molecule has 0 fully saturated rings. The highest BCUT2D eigenvalue weighted by Crippen LogP contribution is 2.24. The first-order chi connectivity index (χ1) is 10.5. The van der Waals surface area contributed by atoms with Crippen LogP contribution in [-0.2, 0) is 14.3 Å². The minimum Gasteiger partial charge on any atom is -0.465 e. The number of rotatable bonds is 6. The molecule has 0 aliphatic rings. The maximum absolute atomic E-state index is 11.9. The average Bonchev–Trinajstić information content (AvgIpc) is 2.46. The van der Waals surface area contributed by atoms with E-state index in [0.717, 1.165) is 6.20 Å². The molecule has 0 aliphatic carbocycles. The summed E-state index contributed by atoms with van der Waals surface area (Å²) in [5.74, 6) is -1.15. The molecule has 0 saturated carbocycles. The summed E-state index contributed by atoms with van der Waals surface area (Å²) < 4.78 is 4.70. The van der Waals surface area contributed by atoms with Crippen LogP contribution in [0.4, 0.5) is 11.4 Å². The Kier molecular flexibility index (Phi) is 6.73. The van der Waals surface area contributed by atoms with Crippen LogP contribution in [0.2, 0.25) is 5.02 Å². The number of ether oxygens (including phenoxy) is 1. The van der Waals surface area contributed by atoms with Crippen LogP contribution in [0, 0.1) is 11.3 Å². The minimum atomic E-state index is -0.662. The zero-order valence-electron chi connectivity index (χ0n) is 11.9. The number of hydrogen-bond acceptors (Lipinski definition) is 6. The Bertz CT molecular complexity index is 637. The Labute approximate surface area is 132 Å². The fourth-order valence-electron chi connectivity index (χ4n) is 1.42. The summed E-state index contributed by atoms with van der Waals surface area (Å²) in [6, 6.07) is 6.29. The van der Waals surface area contributed by atoms with E-state index in [2.05, 4.69) is 10.6 Å². The van der Waals surface area contributed by atoms with E-state index in [0.29, 0.717) is 11.4 Å². The standard InChI is InChI=1S/C14H15ClN4O3/c1-2-22-13(20)8-18-7-9(6-16)14(21)19-12-4-3-10(17)5-11(12)15/h3-5,7,18H,2,8,17H2,1H3,(H,19,21)/b9-7-. The van der Waals surface area contributed by atoms with Crippen LogP contribution in [0.5, 0.6) is 0 Å². The largest absolute Gasteiger partial charge is 0.465 e. The summed E-state index contributed by atoms with van der Waals surface area (Å²) in [5.41, 5.74) is 6.12. The number of carbonyl (C=O) groups is 2. The lowest BCUT2D eigenvalue weighted by Crippen LogP contribution is -2.22. The van der Waals surface area contributed by atoms with Gasteiger partial charge in [0.25, 0.3) is 5.91 Å². The molecule has 8 heteroatoms. The molecule has 7 nitrogen and oxygen atoms in total. The van der Waals surface area contributed by atoms with Crippen molar-refractivity contribution >= 4 is 34.9 Å². The van der Waals surface area contributed by atoms with E-state index in [4.69, 9.17) is 27.3 Å². The Morgan fingerprint density at radius 2 is 2.23 bits per heavy atom. The van der Waals surface area contributed by atoms with Crippen LogP contribution in [0.25, 0.3) is 0 Å². The number of carbonyl (C=O) groups excluding carboxylic acids is 2. The van der Waals surface area contributed by atoms with E-state index in [9.17, 15) is 9.59 Å². The molecule has 1 amide bonds.